The molecule has 0 unspecified atom stereocenters. The van der Waals surface area contributed by atoms with Gasteiger partial charge in [0, 0.05) is 0 Å². The summed E-state index contributed by atoms with van der Waals surface area (Å²) in [4.78, 5) is 3.71. The number of benzene rings is 1. The van der Waals surface area contributed by atoms with Gasteiger partial charge < -0.3 is 10.2 Å². The predicted molar refractivity (Wildman–Crippen MR) is 70.7 cm³/mol. The summed E-state index contributed by atoms with van der Waals surface area (Å²) in [5.74, 6) is -2.97. The van der Waals surface area contributed by atoms with Gasteiger partial charge in [0.05, 0.1) is 23.5 Å². The first-order chi connectivity index (χ1) is 9.74. The smallest absolute Gasteiger partial charge is 0.149 e. The third-order valence-corrected chi connectivity index (χ3v) is 3.05. The molecule has 0 spiro atoms. The Labute approximate surface area is 119 Å². The highest BCUT2D eigenvalue weighted by molar-refractivity contribution is 5.62. The minimum atomic E-state index is -1.43. The molecule has 0 bridgehead atoms. The number of aromatic nitrogens is 1. The van der Waals surface area contributed by atoms with Gasteiger partial charge in [-0.1, -0.05) is 0 Å². The van der Waals surface area contributed by atoms with E-state index in [1.165, 1.54) is 19.9 Å². The van der Waals surface area contributed by atoms with Gasteiger partial charge in [0.25, 0.3) is 0 Å². The third kappa shape index (κ3) is 3.06. The highest BCUT2D eigenvalue weighted by atomic mass is 19.1. The molecule has 0 aliphatic rings. The number of aliphatic hydroxyl groups excluding tert-OH is 1. The molecule has 0 aliphatic carbocycles. The zero-order chi connectivity index (χ0) is 15.8. The molecule has 0 saturated heterocycles. The number of rotatable bonds is 3. The Balaban J connectivity index is 2.65. The van der Waals surface area contributed by atoms with Crippen LogP contribution in [0.1, 0.15) is 25.1 Å². The maximum atomic E-state index is 14.1. The molecule has 2 rings (SSSR count). The molecular weight excluding hydrogens is 283 g/mol. The van der Waals surface area contributed by atoms with Crippen molar-refractivity contribution in [2.24, 2.45) is 0 Å². The number of nitrogens with zero attached hydrogens (tertiary/aromatic N) is 1. The molecule has 1 aromatic carbocycles. The Bertz CT molecular complexity index is 658. The van der Waals surface area contributed by atoms with Crippen molar-refractivity contribution in [2.45, 2.75) is 26.1 Å². The molecule has 0 radical (unpaired) electrons. The van der Waals surface area contributed by atoms with Crippen LogP contribution in [0.4, 0.5) is 13.2 Å². The summed E-state index contributed by atoms with van der Waals surface area (Å²) in [6.45, 7) is 2.29. The van der Waals surface area contributed by atoms with Crippen molar-refractivity contribution < 1.29 is 23.4 Å². The van der Waals surface area contributed by atoms with Gasteiger partial charge in [0.2, 0.25) is 0 Å². The predicted octanol–water partition coefficient (Wildman–Crippen LogP) is 2.89. The van der Waals surface area contributed by atoms with Gasteiger partial charge in [-0.05, 0) is 43.7 Å². The summed E-state index contributed by atoms with van der Waals surface area (Å²) in [5.41, 5.74) is -2.45. The molecule has 6 heteroatoms. The molecule has 0 saturated carbocycles. The average Bonchev–Trinajstić information content (AvgIpc) is 2.39. The highest BCUT2D eigenvalue weighted by Crippen LogP contribution is 2.31. The van der Waals surface area contributed by atoms with Crippen LogP contribution < -0.4 is 0 Å². The van der Waals surface area contributed by atoms with Gasteiger partial charge in [0.15, 0.2) is 0 Å². The molecular formula is C15H14F3NO2. The lowest BCUT2D eigenvalue weighted by atomic mass is 9.95. The van der Waals surface area contributed by atoms with Crippen molar-refractivity contribution in [3.05, 3.63) is 53.0 Å². The fraction of sp³-hybridized carbons (Fsp3) is 0.267. The lowest BCUT2D eigenvalue weighted by molar-refractivity contribution is 0.0779. The Morgan fingerprint density at radius 2 is 1.62 bits per heavy atom. The van der Waals surface area contributed by atoms with Crippen LogP contribution in [0.3, 0.4) is 0 Å². The van der Waals surface area contributed by atoms with Gasteiger partial charge in [-0.15, -0.1) is 0 Å². The van der Waals surface area contributed by atoms with E-state index in [1.54, 1.807) is 0 Å². The SMILES string of the molecule is CC(C)(O)c1cc(F)c(-c2nc(CO)ccc2F)c(F)c1. The fourth-order valence-electron chi connectivity index (χ4n) is 1.90. The summed E-state index contributed by atoms with van der Waals surface area (Å²) in [6, 6.07) is 4.08. The first kappa shape index (κ1) is 15.5. The van der Waals surface area contributed by atoms with Crippen LogP contribution in [0.15, 0.2) is 24.3 Å². The molecule has 21 heavy (non-hydrogen) atoms. The molecule has 0 aliphatic heterocycles. The van der Waals surface area contributed by atoms with Gasteiger partial charge in [-0.3, -0.25) is 0 Å². The van der Waals surface area contributed by atoms with Crippen LogP contribution in [-0.4, -0.2) is 15.2 Å². The third-order valence-electron chi connectivity index (χ3n) is 3.05. The van der Waals surface area contributed by atoms with E-state index in [2.05, 4.69) is 4.98 Å². The number of hydrogen-bond acceptors (Lipinski definition) is 3. The summed E-state index contributed by atoms with van der Waals surface area (Å²) >= 11 is 0. The van der Waals surface area contributed by atoms with Crippen LogP contribution in [0.5, 0.6) is 0 Å². The number of pyridine rings is 1. The lowest BCUT2D eigenvalue weighted by Gasteiger charge is -2.19. The van der Waals surface area contributed by atoms with E-state index in [0.717, 1.165) is 18.2 Å². The molecule has 0 fully saturated rings. The molecule has 0 amide bonds. The fourth-order valence-corrected chi connectivity index (χ4v) is 1.90. The maximum absolute atomic E-state index is 14.1. The number of halogens is 3. The van der Waals surface area contributed by atoms with Crippen LogP contribution in [-0.2, 0) is 12.2 Å². The molecule has 112 valence electrons. The van der Waals surface area contributed by atoms with Gasteiger partial charge in [-0.25, -0.2) is 18.2 Å². The van der Waals surface area contributed by atoms with E-state index in [1.807, 2.05) is 0 Å². The van der Waals surface area contributed by atoms with Crippen LogP contribution in [0, 0.1) is 17.5 Å². The summed E-state index contributed by atoms with van der Waals surface area (Å²) < 4.78 is 42.0. The first-order valence-electron chi connectivity index (χ1n) is 6.22. The Morgan fingerprint density at radius 3 is 2.10 bits per heavy atom. The molecule has 1 aromatic heterocycles. The van der Waals surface area contributed by atoms with Crippen LogP contribution in [0.25, 0.3) is 11.3 Å². The largest absolute Gasteiger partial charge is 0.390 e. The Kier molecular flexibility index (Phi) is 4.02. The normalized spacial score (nSPS) is 11.8. The Morgan fingerprint density at radius 1 is 1.05 bits per heavy atom. The molecule has 3 nitrogen and oxygen atoms in total. The molecule has 0 atom stereocenters. The van der Waals surface area contributed by atoms with Gasteiger partial charge in [-0.2, -0.15) is 0 Å². The summed E-state index contributed by atoms with van der Waals surface area (Å²) in [6.07, 6.45) is 0. The van der Waals surface area contributed by atoms with Crippen molar-refractivity contribution in [3.63, 3.8) is 0 Å². The van der Waals surface area contributed by atoms with Gasteiger partial charge in [0.1, 0.15) is 23.1 Å². The zero-order valence-corrected chi connectivity index (χ0v) is 11.5. The standard InChI is InChI=1S/C15H14F3NO2/c1-15(2,21)8-5-11(17)13(12(18)6-8)14-10(16)4-3-9(7-20)19-14/h3-6,20-21H,7H2,1-2H3. The maximum Gasteiger partial charge on any atom is 0.149 e. The summed E-state index contributed by atoms with van der Waals surface area (Å²) in [5, 5.41) is 18.8. The second-order valence-corrected chi connectivity index (χ2v) is 5.17. The number of aliphatic hydroxyl groups is 2. The lowest BCUT2D eigenvalue weighted by Crippen LogP contribution is -2.16. The van der Waals surface area contributed by atoms with Crippen LogP contribution >= 0.6 is 0 Å². The summed E-state index contributed by atoms with van der Waals surface area (Å²) in [7, 11) is 0. The number of hydrogen-bond donors (Lipinski definition) is 2. The minimum absolute atomic E-state index is 0.0278. The van der Waals surface area contributed by atoms with Crippen molar-refractivity contribution in [1.29, 1.82) is 0 Å². The zero-order valence-electron chi connectivity index (χ0n) is 11.5. The van der Waals surface area contributed by atoms with E-state index < -0.39 is 40.9 Å². The van der Waals surface area contributed by atoms with Crippen molar-refractivity contribution in [1.82, 2.24) is 4.98 Å². The Hall–Kier alpha value is -1.92. The van der Waals surface area contributed by atoms with E-state index in [0.29, 0.717) is 0 Å². The average molecular weight is 297 g/mol. The van der Waals surface area contributed by atoms with Crippen molar-refractivity contribution >= 4 is 0 Å². The topological polar surface area (TPSA) is 53.4 Å². The quantitative estimate of drug-likeness (QED) is 0.916. The molecule has 1 heterocycles. The molecule has 2 aromatic rings. The molecule has 2 N–H and O–H groups in total. The van der Waals surface area contributed by atoms with E-state index in [-0.39, 0.29) is 11.3 Å². The van der Waals surface area contributed by atoms with Crippen LogP contribution in [0.2, 0.25) is 0 Å². The van der Waals surface area contributed by atoms with E-state index >= 15 is 0 Å². The first-order valence-corrected chi connectivity index (χ1v) is 6.22. The van der Waals surface area contributed by atoms with Gasteiger partial charge >= 0.3 is 0 Å². The monoisotopic (exact) mass is 297 g/mol. The minimum Gasteiger partial charge on any atom is -0.390 e. The second kappa shape index (κ2) is 5.46. The second-order valence-electron chi connectivity index (χ2n) is 5.17. The highest BCUT2D eigenvalue weighted by Gasteiger charge is 2.23. The van der Waals surface area contributed by atoms with Crippen molar-refractivity contribution in [3.8, 4) is 11.3 Å². The van der Waals surface area contributed by atoms with Crippen molar-refractivity contribution in [2.75, 3.05) is 0 Å². The van der Waals surface area contributed by atoms with E-state index in [4.69, 9.17) is 5.11 Å². The van der Waals surface area contributed by atoms with E-state index in [9.17, 15) is 18.3 Å².